The van der Waals surface area contributed by atoms with Gasteiger partial charge in [-0.1, -0.05) is 12.8 Å². The molecular formula is C14H18F4O3. The molecule has 0 spiro atoms. The largest absolute Gasteiger partial charge is 0.366 e. The Bertz CT molecular complexity index is 430. The average Bonchev–Trinajstić information content (AvgIpc) is 2.39. The van der Waals surface area contributed by atoms with Gasteiger partial charge in [-0.25, -0.2) is 0 Å². The van der Waals surface area contributed by atoms with Crippen LogP contribution in [-0.2, 0) is 14.3 Å². The number of rotatable bonds is 8. The summed E-state index contributed by atoms with van der Waals surface area (Å²) in [7, 11) is 0. The molecule has 0 rings (SSSR count). The lowest BCUT2D eigenvalue weighted by atomic mass is 10.0. The number of ether oxygens (including phenoxy) is 1. The fraction of sp³-hybridized carbons (Fsp3) is 0.714. The van der Waals surface area contributed by atoms with E-state index >= 15 is 0 Å². The summed E-state index contributed by atoms with van der Waals surface area (Å²) in [5.74, 6) is -6.15. The highest BCUT2D eigenvalue weighted by molar-refractivity contribution is 5.86. The molecule has 1 atom stereocenters. The first kappa shape index (κ1) is 19.6. The van der Waals surface area contributed by atoms with Gasteiger partial charge in [-0.15, -0.1) is 5.92 Å². The molecule has 21 heavy (non-hydrogen) atoms. The molecule has 0 aliphatic rings. The SMILES string of the molecule is CCC(=O)CO[C@H](C)C#CCCC(=O)C(F)(F)C(C)(F)F. The fourth-order valence-electron chi connectivity index (χ4n) is 1.16. The summed E-state index contributed by atoms with van der Waals surface area (Å²) in [6.07, 6.45) is -1.33. The van der Waals surface area contributed by atoms with Crippen LogP contribution in [0.3, 0.4) is 0 Å². The highest BCUT2D eigenvalue weighted by atomic mass is 19.3. The number of hydrogen-bond acceptors (Lipinski definition) is 3. The van der Waals surface area contributed by atoms with Crippen LogP contribution in [0.1, 0.15) is 40.0 Å². The lowest BCUT2D eigenvalue weighted by Crippen LogP contribution is -2.44. The van der Waals surface area contributed by atoms with Gasteiger partial charge in [0.1, 0.15) is 12.7 Å². The predicted molar refractivity (Wildman–Crippen MR) is 68.3 cm³/mol. The van der Waals surface area contributed by atoms with Crippen LogP contribution in [0, 0.1) is 11.8 Å². The molecule has 0 saturated carbocycles. The second-order valence-corrected chi connectivity index (χ2v) is 4.55. The van der Waals surface area contributed by atoms with E-state index in [-0.39, 0.29) is 25.7 Å². The van der Waals surface area contributed by atoms with Crippen LogP contribution in [0.25, 0.3) is 0 Å². The lowest BCUT2D eigenvalue weighted by molar-refractivity contribution is -0.200. The smallest absolute Gasteiger partial charge is 0.358 e. The summed E-state index contributed by atoms with van der Waals surface area (Å²) in [5, 5.41) is 0. The van der Waals surface area contributed by atoms with Crippen molar-refractivity contribution in [1.82, 2.24) is 0 Å². The third kappa shape index (κ3) is 6.71. The Balaban J connectivity index is 4.24. The maximum atomic E-state index is 12.9. The normalized spacial score (nSPS) is 13.3. The van der Waals surface area contributed by atoms with E-state index in [4.69, 9.17) is 4.74 Å². The van der Waals surface area contributed by atoms with Crippen molar-refractivity contribution in [2.45, 2.75) is 58.0 Å². The van der Waals surface area contributed by atoms with Crippen LogP contribution in [0.2, 0.25) is 0 Å². The number of hydrogen-bond donors (Lipinski definition) is 0. The molecule has 0 amide bonds. The molecule has 0 fully saturated rings. The number of halogens is 4. The monoisotopic (exact) mass is 310 g/mol. The minimum absolute atomic E-state index is 0.00274. The maximum absolute atomic E-state index is 12.9. The van der Waals surface area contributed by atoms with E-state index in [1.165, 1.54) is 0 Å². The van der Waals surface area contributed by atoms with Crippen LogP contribution in [-0.4, -0.2) is 36.1 Å². The zero-order valence-corrected chi connectivity index (χ0v) is 12.1. The number of carbonyl (C=O) groups excluding carboxylic acids is 2. The Morgan fingerprint density at radius 1 is 1.24 bits per heavy atom. The van der Waals surface area contributed by atoms with Gasteiger partial charge < -0.3 is 4.74 Å². The van der Waals surface area contributed by atoms with E-state index in [0.717, 1.165) is 0 Å². The zero-order valence-electron chi connectivity index (χ0n) is 12.1. The van der Waals surface area contributed by atoms with E-state index in [9.17, 15) is 27.2 Å². The predicted octanol–water partition coefficient (Wildman–Crippen LogP) is 3.01. The molecule has 0 aliphatic carbocycles. The van der Waals surface area contributed by atoms with Gasteiger partial charge in [0.25, 0.3) is 0 Å². The van der Waals surface area contributed by atoms with Crippen molar-refractivity contribution in [2.75, 3.05) is 6.61 Å². The third-order valence-electron chi connectivity index (χ3n) is 2.57. The van der Waals surface area contributed by atoms with Gasteiger partial charge in [-0.3, -0.25) is 9.59 Å². The van der Waals surface area contributed by atoms with Gasteiger partial charge in [-0.2, -0.15) is 17.6 Å². The van der Waals surface area contributed by atoms with E-state index in [1.807, 2.05) is 0 Å². The lowest BCUT2D eigenvalue weighted by Gasteiger charge is -2.21. The van der Waals surface area contributed by atoms with Gasteiger partial charge in [0.15, 0.2) is 5.78 Å². The highest BCUT2D eigenvalue weighted by Gasteiger charge is 2.57. The number of ketones is 2. The highest BCUT2D eigenvalue weighted by Crippen LogP contribution is 2.35. The summed E-state index contributed by atoms with van der Waals surface area (Å²) in [5.41, 5.74) is 0. The van der Waals surface area contributed by atoms with E-state index in [0.29, 0.717) is 6.42 Å². The summed E-state index contributed by atoms with van der Waals surface area (Å²) >= 11 is 0. The molecule has 0 bridgehead atoms. The molecule has 0 saturated heterocycles. The molecule has 3 nitrogen and oxygen atoms in total. The van der Waals surface area contributed by atoms with Gasteiger partial charge in [-0.05, 0) is 6.92 Å². The molecule has 0 N–H and O–H groups in total. The van der Waals surface area contributed by atoms with Crippen LogP contribution in [0.15, 0.2) is 0 Å². The Kier molecular flexibility index (Phi) is 7.58. The van der Waals surface area contributed by atoms with E-state index in [2.05, 4.69) is 11.8 Å². The molecule has 0 unspecified atom stereocenters. The maximum Gasteiger partial charge on any atom is 0.366 e. The summed E-state index contributed by atoms with van der Waals surface area (Å²) < 4.78 is 56.0. The first-order valence-corrected chi connectivity index (χ1v) is 6.43. The van der Waals surface area contributed by atoms with E-state index in [1.54, 1.807) is 13.8 Å². The molecule has 0 aliphatic heterocycles. The minimum Gasteiger partial charge on any atom is -0.358 e. The summed E-state index contributed by atoms with van der Waals surface area (Å²) in [6, 6.07) is 0. The summed E-state index contributed by atoms with van der Waals surface area (Å²) in [4.78, 5) is 22.0. The number of carbonyl (C=O) groups is 2. The van der Waals surface area contributed by atoms with Crippen molar-refractivity contribution in [3.63, 3.8) is 0 Å². The van der Waals surface area contributed by atoms with Gasteiger partial charge in [0.05, 0.1) is 0 Å². The number of alkyl halides is 4. The second-order valence-electron chi connectivity index (χ2n) is 4.55. The standard InChI is InChI=1S/C14H18F4O3/c1-4-11(19)9-21-10(2)7-5-6-8-12(20)14(17,18)13(3,15)16/h10H,4,6,8-9H2,1-3H3/t10-/m1/s1. The van der Waals surface area contributed by atoms with Crippen molar-refractivity contribution in [3.8, 4) is 11.8 Å². The number of Topliss-reactive ketones (excluding diaryl/α,β-unsaturated/α-hetero) is 2. The molecule has 0 radical (unpaired) electrons. The minimum atomic E-state index is -4.69. The van der Waals surface area contributed by atoms with Crippen molar-refractivity contribution in [1.29, 1.82) is 0 Å². The van der Waals surface area contributed by atoms with Gasteiger partial charge >= 0.3 is 11.8 Å². The van der Waals surface area contributed by atoms with Crippen molar-refractivity contribution in [3.05, 3.63) is 0 Å². The van der Waals surface area contributed by atoms with E-state index < -0.39 is 30.2 Å². The van der Waals surface area contributed by atoms with Gasteiger partial charge in [0, 0.05) is 26.2 Å². The fourth-order valence-corrected chi connectivity index (χ4v) is 1.16. The summed E-state index contributed by atoms with van der Waals surface area (Å²) in [6.45, 7) is 3.12. The molecule has 0 aromatic rings. The molecule has 120 valence electrons. The Morgan fingerprint density at radius 3 is 2.29 bits per heavy atom. The van der Waals surface area contributed by atoms with Crippen molar-refractivity contribution < 1.29 is 31.9 Å². The Morgan fingerprint density at radius 2 is 1.81 bits per heavy atom. The molecule has 0 aromatic carbocycles. The van der Waals surface area contributed by atoms with Crippen molar-refractivity contribution in [2.24, 2.45) is 0 Å². The van der Waals surface area contributed by atoms with Crippen molar-refractivity contribution >= 4 is 11.6 Å². The molecule has 7 heteroatoms. The molecular weight excluding hydrogens is 292 g/mol. The van der Waals surface area contributed by atoms with Gasteiger partial charge in [0.2, 0.25) is 5.78 Å². The topological polar surface area (TPSA) is 43.4 Å². The Labute approximate surface area is 121 Å². The molecule has 0 aromatic heterocycles. The Hall–Kier alpha value is -1.42. The third-order valence-corrected chi connectivity index (χ3v) is 2.57. The quantitative estimate of drug-likeness (QED) is 0.511. The van der Waals surface area contributed by atoms with Crippen LogP contribution >= 0.6 is 0 Å². The zero-order chi connectivity index (χ0) is 16.7. The average molecular weight is 310 g/mol. The second kappa shape index (κ2) is 8.13. The van der Waals surface area contributed by atoms with Crippen LogP contribution in [0.4, 0.5) is 17.6 Å². The molecule has 0 heterocycles. The first-order chi connectivity index (χ1) is 9.52. The van der Waals surface area contributed by atoms with Crippen LogP contribution < -0.4 is 0 Å². The first-order valence-electron chi connectivity index (χ1n) is 6.43. The van der Waals surface area contributed by atoms with Crippen LogP contribution in [0.5, 0.6) is 0 Å².